The maximum Gasteiger partial charge on any atom is 0.405 e. The van der Waals surface area contributed by atoms with Crippen molar-refractivity contribution in [2.24, 2.45) is 5.73 Å². The molecule has 2 aromatic rings. The number of hydrogen-bond donors (Lipinski definition) is 5. The molecule has 11 nitrogen and oxygen atoms in total. The highest BCUT2D eigenvalue weighted by Crippen LogP contribution is 2.37. The van der Waals surface area contributed by atoms with E-state index in [4.69, 9.17) is 15.3 Å². The van der Waals surface area contributed by atoms with Gasteiger partial charge in [-0.1, -0.05) is 20.8 Å². The van der Waals surface area contributed by atoms with E-state index in [1.807, 2.05) is 22.9 Å². The van der Waals surface area contributed by atoms with Gasteiger partial charge in [0, 0.05) is 30.3 Å². The van der Waals surface area contributed by atoms with Crippen molar-refractivity contribution < 1.29 is 23.9 Å². The third kappa shape index (κ3) is 8.41. The second-order valence-electron chi connectivity index (χ2n) is 9.73. The zero-order chi connectivity index (χ0) is 26.2. The SMILES string of the molecule is CC(C)(C)[Si](C)(C)OCc1nccn1-c1ccc(NC(=O)C(CCCNC(N)=O)NC(=O)O)cc1. The van der Waals surface area contributed by atoms with Crippen molar-refractivity contribution in [3.8, 4) is 5.69 Å². The number of nitrogens with one attached hydrogen (secondary N) is 3. The Morgan fingerprint density at radius 1 is 1.20 bits per heavy atom. The molecule has 1 aromatic carbocycles. The third-order valence-electron chi connectivity index (χ3n) is 6.08. The Morgan fingerprint density at radius 2 is 1.86 bits per heavy atom. The van der Waals surface area contributed by atoms with Gasteiger partial charge in [-0.15, -0.1) is 0 Å². The molecule has 0 aliphatic heterocycles. The predicted octanol–water partition coefficient (Wildman–Crippen LogP) is 3.42. The van der Waals surface area contributed by atoms with Gasteiger partial charge in [-0.2, -0.15) is 0 Å². The van der Waals surface area contributed by atoms with E-state index in [9.17, 15) is 14.4 Å². The molecule has 12 heteroatoms. The van der Waals surface area contributed by atoms with Crippen LogP contribution in [-0.4, -0.2) is 53.6 Å². The van der Waals surface area contributed by atoms with Gasteiger partial charge in [-0.25, -0.2) is 14.6 Å². The molecule has 0 aliphatic rings. The van der Waals surface area contributed by atoms with E-state index in [0.29, 0.717) is 18.7 Å². The molecule has 1 aromatic heterocycles. The van der Waals surface area contributed by atoms with Crippen molar-refractivity contribution in [3.05, 3.63) is 42.5 Å². The molecule has 4 amide bonds. The maximum absolute atomic E-state index is 12.6. The topological polar surface area (TPSA) is 161 Å². The number of carboxylic acid groups (broad SMARTS) is 1. The summed E-state index contributed by atoms with van der Waals surface area (Å²) in [7, 11) is -1.93. The molecule has 1 heterocycles. The zero-order valence-electron chi connectivity index (χ0n) is 20.9. The summed E-state index contributed by atoms with van der Waals surface area (Å²) < 4.78 is 8.23. The molecule has 0 radical (unpaired) electrons. The number of nitrogens with zero attached hydrogens (tertiary/aromatic N) is 2. The number of amides is 4. The fourth-order valence-electron chi connectivity index (χ4n) is 3.01. The number of anilines is 1. The molecule has 2 rings (SSSR count). The van der Waals surface area contributed by atoms with Gasteiger partial charge in [0.1, 0.15) is 11.9 Å². The number of rotatable bonds is 11. The van der Waals surface area contributed by atoms with Crippen LogP contribution in [0.5, 0.6) is 0 Å². The number of nitrogens with two attached hydrogens (primary N) is 1. The first-order valence-electron chi connectivity index (χ1n) is 11.4. The lowest BCUT2D eigenvalue weighted by atomic mass is 10.1. The van der Waals surface area contributed by atoms with Gasteiger partial charge in [0.15, 0.2) is 8.32 Å². The number of benzene rings is 1. The number of carbonyl (C=O) groups excluding carboxylic acids is 2. The fraction of sp³-hybridized carbons (Fsp3) is 0.478. The first-order chi connectivity index (χ1) is 16.3. The minimum atomic E-state index is -1.93. The Morgan fingerprint density at radius 3 is 2.43 bits per heavy atom. The van der Waals surface area contributed by atoms with Gasteiger partial charge in [0.2, 0.25) is 5.91 Å². The van der Waals surface area contributed by atoms with E-state index < -0.39 is 32.4 Å². The molecule has 0 bridgehead atoms. The molecule has 0 saturated heterocycles. The molecule has 0 fully saturated rings. The Hall–Kier alpha value is -3.38. The lowest BCUT2D eigenvalue weighted by molar-refractivity contribution is -0.118. The third-order valence-corrected chi connectivity index (χ3v) is 10.6. The molecule has 35 heavy (non-hydrogen) atoms. The van der Waals surface area contributed by atoms with E-state index in [1.165, 1.54) is 0 Å². The van der Waals surface area contributed by atoms with Crippen LogP contribution in [0.25, 0.3) is 5.69 Å². The summed E-state index contributed by atoms with van der Waals surface area (Å²) in [6.45, 7) is 11.6. The number of urea groups is 1. The van der Waals surface area contributed by atoms with Crippen molar-refractivity contribution >= 4 is 32.0 Å². The number of imidazole rings is 1. The first kappa shape index (κ1) is 27.9. The minimum absolute atomic E-state index is 0.0932. The van der Waals surface area contributed by atoms with Gasteiger partial charge < -0.3 is 35.8 Å². The molecule has 1 unspecified atom stereocenters. The van der Waals surface area contributed by atoms with E-state index in [-0.39, 0.29) is 18.0 Å². The molecule has 0 aliphatic carbocycles. The second-order valence-corrected chi connectivity index (χ2v) is 14.5. The zero-order valence-corrected chi connectivity index (χ0v) is 21.9. The lowest BCUT2D eigenvalue weighted by Crippen LogP contribution is -2.43. The highest BCUT2D eigenvalue weighted by molar-refractivity contribution is 6.74. The van der Waals surface area contributed by atoms with Crippen LogP contribution in [0.15, 0.2) is 36.7 Å². The van der Waals surface area contributed by atoms with Gasteiger partial charge in [0.25, 0.3) is 0 Å². The monoisotopic (exact) mass is 504 g/mol. The maximum atomic E-state index is 12.6. The molecular weight excluding hydrogens is 468 g/mol. The second kappa shape index (κ2) is 11.8. The summed E-state index contributed by atoms with van der Waals surface area (Å²) in [6.07, 6.45) is 2.83. The van der Waals surface area contributed by atoms with Gasteiger partial charge in [-0.05, 0) is 55.2 Å². The molecule has 1 atom stereocenters. The van der Waals surface area contributed by atoms with Crippen LogP contribution in [0.2, 0.25) is 18.1 Å². The summed E-state index contributed by atoms with van der Waals surface area (Å²) in [5, 5.41) is 16.5. The number of primary amides is 1. The number of carbonyl (C=O) groups is 3. The molecular formula is C23H36N6O5Si. The van der Waals surface area contributed by atoms with Gasteiger partial charge >= 0.3 is 12.1 Å². The predicted molar refractivity (Wildman–Crippen MR) is 136 cm³/mol. The van der Waals surface area contributed by atoms with E-state index in [0.717, 1.165) is 11.5 Å². The Bertz CT molecular complexity index is 1020. The largest absolute Gasteiger partial charge is 0.465 e. The number of aromatic nitrogens is 2. The quantitative estimate of drug-likeness (QED) is 0.233. The summed E-state index contributed by atoms with van der Waals surface area (Å²) in [5.74, 6) is 0.284. The molecule has 0 saturated carbocycles. The van der Waals surface area contributed by atoms with Crippen molar-refractivity contribution in [1.29, 1.82) is 0 Å². The normalized spacial score (nSPS) is 12.6. The first-order valence-corrected chi connectivity index (χ1v) is 14.3. The van der Waals surface area contributed by atoms with Crippen LogP contribution < -0.4 is 21.7 Å². The van der Waals surface area contributed by atoms with E-state index in [2.05, 4.69) is 54.8 Å². The van der Waals surface area contributed by atoms with Crippen LogP contribution in [0.3, 0.4) is 0 Å². The van der Waals surface area contributed by atoms with Crippen molar-refractivity contribution in [2.45, 2.75) is 64.4 Å². The summed E-state index contributed by atoms with van der Waals surface area (Å²) in [6, 6.07) is 5.49. The molecule has 0 spiro atoms. The molecule has 192 valence electrons. The Balaban J connectivity index is 2.04. The van der Waals surface area contributed by atoms with Crippen LogP contribution >= 0.6 is 0 Å². The van der Waals surface area contributed by atoms with E-state index in [1.54, 1.807) is 18.3 Å². The average molecular weight is 505 g/mol. The van der Waals surface area contributed by atoms with Crippen molar-refractivity contribution in [3.63, 3.8) is 0 Å². The average Bonchev–Trinajstić information content (AvgIpc) is 3.22. The summed E-state index contributed by atoms with van der Waals surface area (Å²) >= 11 is 0. The van der Waals surface area contributed by atoms with Crippen LogP contribution in [0.1, 0.15) is 39.4 Å². The van der Waals surface area contributed by atoms with Gasteiger partial charge in [0.05, 0.1) is 6.61 Å². The van der Waals surface area contributed by atoms with Gasteiger partial charge in [-0.3, -0.25) is 4.79 Å². The van der Waals surface area contributed by atoms with Crippen LogP contribution in [-0.2, 0) is 15.8 Å². The highest BCUT2D eigenvalue weighted by Gasteiger charge is 2.37. The Labute approximate surface area is 206 Å². The highest BCUT2D eigenvalue weighted by atomic mass is 28.4. The van der Waals surface area contributed by atoms with Crippen LogP contribution in [0.4, 0.5) is 15.3 Å². The fourth-order valence-corrected chi connectivity index (χ4v) is 3.93. The smallest absolute Gasteiger partial charge is 0.405 e. The van der Waals surface area contributed by atoms with Crippen molar-refractivity contribution in [2.75, 3.05) is 11.9 Å². The summed E-state index contributed by atoms with van der Waals surface area (Å²) in [4.78, 5) is 38.9. The number of hydrogen-bond acceptors (Lipinski definition) is 5. The standard InChI is InChI=1S/C23H36N6O5Si/c1-23(2,3)35(4,5)34-15-19-25-13-14-29(19)17-10-8-16(9-11-17)27-20(30)18(28-22(32)33)7-6-12-26-21(24)31/h8-11,13-14,18,28H,6-7,12,15H2,1-5H3,(H,27,30)(H,32,33)(H3,24,26,31). The molecule has 6 N–H and O–H groups in total. The Kier molecular flexibility index (Phi) is 9.43. The minimum Gasteiger partial charge on any atom is -0.465 e. The summed E-state index contributed by atoms with van der Waals surface area (Å²) in [5.41, 5.74) is 6.38. The van der Waals surface area contributed by atoms with Crippen LogP contribution in [0, 0.1) is 0 Å². The van der Waals surface area contributed by atoms with E-state index >= 15 is 0 Å². The lowest BCUT2D eigenvalue weighted by Gasteiger charge is -2.36. The van der Waals surface area contributed by atoms with Crippen molar-refractivity contribution in [1.82, 2.24) is 20.2 Å².